The van der Waals surface area contributed by atoms with Crippen molar-refractivity contribution >= 4 is 12.8 Å². The van der Waals surface area contributed by atoms with Crippen molar-refractivity contribution in [3.8, 4) is 6.07 Å². The van der Waals surface area contributed by atoms with Gasteiger partial charge >= 0.3 is 5.97 Å². The first-order chi connectivity index (χ1) is 16.0. The second kappa shape index (κ2) is 13.4. The SMILES string of the molecule is C=O.COCCOC(=O)C1=C(C)NC(C)=C(OC2CCCCCC2)C1c1cccc(C#N)c1. The number of dihydropyridines is 1. The minimum absolute atomic E-state index is 0.125. The van der Waals surface area contributed by atoms with Crippen molar-refractivity contribution < 1.29 is 23.8 Å². The predicted molar refractivity (Wildman–Crippen MR) is 125 cm³/mol. The number of benzene rings is 1. The van der Waals surface area contributed by atoms with E-state index in [9.17, 15) is 10.1 Å². The molecule has 1 aliphatic carbocycles. The molecule has 1 fully saturated rings. The second-order valence-electron chi connectivity index (χ2n) is 8.18. The van der Waals surface area contributed by atoms with E-state index in [2.05, 4.69) is 11.4 Å². The molecule has 1 atom stereocenters. The molecule has 2 aliphatic rings. The lowest BCUT2D eigenvalue weighted by Gasteiger charge is -2.33. The number of rotatable bonds is 7. The van der Waals surface area contributed by atoms with Gasteiger partial charge in [0.2, 0.25) is 0 Å². The van der Waals surface area contributed by atoms with Crippen LogP contribution in [0, 0.1) is 11.3 Å². The Bertz CT molecular complexity index is 908. The lowest BCUT2D eigenvalue weighted by Crippen LogP contribution is -2.32. The molecular formula is C26H34N2O5. The minimum atomic E-state index is -0.423. The van der Waals surface area contributed by atoms with Gasteiger partial charge in [0.05, 0.1) is 41.5 Å². The van der Waals surface area contributed by atoms with E-state index in [-0.39, 0.29) is 12.7 Å². The Labute approximate surface area is 196 Å². The normalized spacial score (nSPS) is 18.9. The van der Waals surface area contributed by atoms with E-state index in [0.29, 0.717) is 17.7 Å². The van der Waals surface area contributed by atoms with Gasteiger partial charge in [-0.05, 0) is 57.2 Å². The summed E-state index contributed by atoms with van der Waals surface area (Å²) in [6, 6.07) is 9.58. The van der Waals surface area contributed by atoms with Crippen LogP contribution in [0.2, 0.25) is 0 Å². The molecule has 1 unspecified atom stereocenters. The maximum Gasteiger partial charge on any atom is 0.336 e. The fourth-order valence-corrected chi connectivity index (χ4v) is 4.34. The third-order valence-corrected chi connectivity index (χ3v) is 5.88. The Hall–Kier alpha value is -3.11. The largest absolute Gasteiger partial charge is 0.492 e. The number of carbonyl (C=O) groups excluding carboxylic acids is 2. The summed E-state index contributed by atoms with van der Waals surface area (Å²) < 4.78 is 17.1. The van der Waals surface area contributed by atoms with Gasteiger partial charge in [-0.15, -0.1) is 0 Å². The lowest BCUT2D eigenvalue weighted by molar-refractivity contribution is -0.140. The van der Waals surface area contributed by atoms with Crippen LogP contribution in [0.3, 0.4) is 0 Å². The van der Waals surface area contributed by atoms with Crippen LogP contribution in [0.5, 0.6) is 0 Å². The number of nitriles is 1. The summed E-state index contributed by atoms with van der Waals surface area (Å²) >= 11 is 0. The molecule has 1 saturated carbocycles. The molecule has 0 bridgehead atoms. The van der Waals surface area contributed by atoms with Crippen molar-refractivity contribution in [1.29, 1.82) is 5.26 Å². The van der Waals surface area contributed by atoms with Crippen LogP contribution in [0.1, 0.15) is 69.4 Å². The summed E-state index contributed by atoms with van der Waals surface area (Å²) in [5, 5.41) is 12.7. The molecule has 0 amide bonds. The molecule has 1 aromatic rings. The van der Waals surface area contributed by atoms with Crippen molar-refractivity contribution in [2.24, 2.45) is 0 Å². The monoisotopic (exact) mass is 454 g/mol. The van der Waals surface area contributed by atoms with E-state index >= 15 is 0 Å². The summed E-state index contributed by atoms with van der Waals surface area (Å²) in [5.74, 6) is -0.0805. The Morgan fingerprint density at radius 1 is 1.12 bits per heavy atom. The summed E-state index contributed by atoms with van der Waals surface area (Å²) in [6.07, 6.45) is 6.93. The third kappa shape index (κ3) is 6.93. The molecule has 33 heavy (non-hydrogen) atoms. The average Bonchev–Trinajstić information content (AvgIpc) is 3.10. The molecule has 0 aromatic heterocycles. The van der Waals surface area contributed by atoms with E-state index < -0.39 is 11.9 Å². The summed E-state index contributed by atoms with van der Waals surface area (Å²) in [4.78, 5) is 21.1. The molecule has 0 saturated heterocycles. The van der Waals surface area contributed by atoms with E-state index in [1.807, 2.05) is 38.8 Å². The van der Waals surface area contributed by atoms with Crippen LogP contribution in [0.15, 0.2) is 47.0 Å². The highest BCUT2D eigenvalue weighted by atomic mass is 16.6. The van der Waals surface area contributed by atoms with Gasteiger partial charge in [-0.25, -0.2) is 4.79 Å². The van der Waals surface area contributed by atoms with Crippen molar-refractivity contribution in [2.45, 2.75) is 64.4 Å². The molecular weight excluding hydrogens is 420 g/mol. The Balaban J connectivity index is 0.00000187. The van der Waals surface area contributed by atoms with Crippen LogP contribution in [-0.4, -0.2) is 39.2 Å². The van der Waals surface area contributed by atoms with E-state index in [1.54, 1.807) is 13.2 Å². The quantitative estimate of drug-likeness (QED) is 0.368. The standard InChI is InChI=1S/C25H32N2O4.CH2O/c1-17-22(25(28)30-14-13-29-3)23(20-10-8-9-19(15-20)16-26)24(18(2)27-17)31-21-11-6-4-5-7-12-21;1-2/h8-10,15,21,23,27H,4-7,11-14H2,1-3H3;1H2. The number of ether oxygens (including phenoxy) is 3. The van der Waals surface area contributed by atoms with E-state index in [4.69, 9.17) is 19.0 Å². The molecule has 0 radical (unpaired) electrons. The maximum atomic E-state index is 13.1. The first-order valence-electron chi connectivity index (χ1n) is 11.3. The summed E-state index contributed by atoms with van der Waals surface area (Å²) in [7, 11) is 1.57. The summed E-state index contributed by atoms with van der Waals surface area (Å²) in [6.45, 7) is 6.36. The lowest BCUT2D eigenvalue weighted by atomic mass is 9.84. The fourth-order valence-electron chi connectivity index (χ4n) is 4.34. The van der Waals surface area contributed by atoms with Gasteiger partial charge in [0, 0.05) is 12.8 Å². The molecule has 3 rings (SSSR count). The molecule has 1 N–H and O–H groups in total. The van der Waals surface area contributed by atoms with Gasteiger partial charge < -0.3 is 24.3 Å². The van der Waals surface area contributed by atoms with Crippen molar-refractivity contribution in [2.75, 3.05) is 20.3 Å². The van der Waals surface area contributed by atoms with Gasteiger partial charge in [-0.2, -0.15) is 5.26 Å². The Kier molecular flexibility index (Phi) is 10.6. The van der Waals surface area contributed by atoms with Crippen LogP contribution < -0.4 is 5.32 Å². The average molecular weight is 455 g/mol. The smallest absolute Gasteiger partial charge is 0.336 e. The number of methoxy groups -OCH3 is 1. The highest BCUT2D eigenvalue weighted by Gasteiger charge is 2.36. The zero-order chi connectivity index (χ0) is 24.2. The molecule has 1 aromatic carbocycles. The Morgan fingerprint density at radius 3 is 2.45 bits per heavy atom. The van der Waals surface area contributed by atoms with Crippen LogP contribution >= 0.6 is 0 Å². The first-order valence-corrected chi connectivity index (χ1v) is 11.3. The maximum absolute atomic E-state index is 13.1. The zero-order valence-electron chi connectivity index (χ0n) is 19.8. The zero-order valence-corrected chi connectivity index (χ0v) is 19.8. The van der Waals surface area contributed by atoms with Crippen LogP contribution in [-0.2, 0) is 23.8 Å². The van der Waals surface area contributed by atoms with Crippen molar-refractivity contribution in [1.82, 2.24) is 5.32 Å². The number of esters is 1. The third-order valence-electron chi connectivity index (χ3n) is 5.88. The second-order valence-corrected chi connectivity index (χ2v) is 8.18. The topological polar surface area (TPSA) is 97.7 Å². The number of hydrogen-bond acceptors (Lipinski definition) is 7. The molecule has 1 aliphatic heterocycles. The predicted octanol–water partition coefficient (Wildman–Crippen LogP) is 4.49. The summed E-state index contributed by atoms with van der Waals surface area (Å²) in [5.41, 5.74) is 3.54. The molecule has 1 heterocycles. The van der Waals surface area contributed by atoms with Gasteiger partial charge in [-0.1, -0.05) is 25.0 Å². The molecule has 178 valence electrons. The highest BCUT2D eigenvalue weighted by molar-refractivity contribution is 5.92. The number of hydrogen-bond donors (Lipinski definition) is 1. The van der Waals surface area contributed by atoms with Gasteiger partial charge in [0.25, 0.3) is 0 Å². The fraction of sp³-hybridized carbons (Fsp3) is 0.500. The van der Waals surface area contributed by atoms with Crippen molar-refractivity contribution in [3.05, 3.63) is 58.1 Å². The number of nitrogens with one attached hydrogen (secondary N) is 1. The van der Waals surface area contributed by atoms with E-state index in [1.165, 1.54) is 12.8 Å². The number of allylic oxidation sites excluding steroid dienone is 3. The van der Waals surface area contributed by atoms with Gasteiger partial charge in [-0.3, -0.25) is 0 Å². The number of nitrogens with zero attached hydrogens (tertiary/aromatic N) is 1. The van der Waals surface area contributed by atoms with Crippen LogP contribution in [0.4, 0.5) is 0 Å². The molecule has 0 spiro atoms. The highest BCUT2D eigenvalue weighted by Crippen LogP contribution is 2.41. The van der Waals surface area contributed by atoms with Crippen LogP contribution in [0.25, 0.3) is 0 Å². The first kappa shape index (κ1) is 26.1. The van der Waals surface area contributed by atoms with Crippen molar-refractivity contribution in [3.63, 3.8) is 0 Å². The van der Waals surface area contributed by atoms with E-state index in [0.717, 1.165) is 48.4 Å². The molecule has 7 heteroatoms. The number of carbonyl (C=O) groups is 2. The van der Waals surface area contributed by atoms with Gasteiger partial charge in [0.1, 0.15) is 19.2 Å². The molecule has 7 nitrogen and oxygen atoms in total. The van der Waals surface area contributed by atoms with Gasteiger partial charge in [0.15, 0.2) is 0 Å². The Morgan fingerprint density at radius 2 is 1.82 bits per heavy atom. The minimum Gasteiger partial charge on any atom is -0.492 e.